The lowest BCUT2D eigenvalue weighted by molar-refractivity contribution is 0.0969. The Labute approximate surface area is 160 Å². The molecule has 2 aromatic carbocycles. The SMILES string of the molecule is COCCOc1ccc(Br)cc1C(=O)NC(=S)Nc1ccc(C)cc1. The molecule has 0 atom stereocenters. The highest BCUT2D eigenvalue weighted by Gasteiger charge is 2.15. The second-order valence-electron chi connectivity index (χ2n) is 5.26. The number of halogens is 1. The number of hydrogen-bond donors (Lipinski definition) is 2. The fraction of sp³-hybridized carbons (Fsp3) is 0.222. The number of thiocarbonyl (C=S) groups is 1. The average Bonchev–Trinajstić information content (AvgIpc) is 2.58. The quantitative estimate of drug-likeness (QED) is 0.545. The van der Waals surface area contributed by atoms with Crippen molar-refractivity contribution in [1.29, 1.82) is 0 Å². The molecule has 0 aliphatic carbocycles. The standard InChI is InChI=1S/C18H19BrN2O3S/c1-12-3-6-14(7-4-12)20-18(25)21-17(22)15-11-13(19)5-8-16(15)24-10-9-23-2/h3-8,11H,9-10H2,1-2H3,(H2,20,21,22,25). The van der Waals surface area contributed by atoms with Crippen LogP contribution in [0.2, 0.25) is 0 Å². The number of nitrogens with one attached hydrogen (secondary N) is 2. The number of ether oxygens (including phenoxy) is 2. The molecule has 0 unspecified atom stereocenters. The van der Waals surface area contributed by atoms with E-state index in [1.165, 1.54) is 0 Å². The minimum absolute atomic E-state index is 0.219. The summed E-state index contributed by atoms with van der Waals surface area (Å²) in [6, 6.07) is 12.9. The van der Waals surface area contributed by atoms with Gasteiger partial charge in [0, 0.05) is 17.3 Å². The van der Waals surface area contributed by atoms with Gasteiger partial charge in [0.2, 0.25) is 0 Å². The number of anilines is 1. The smallest absolute Gasteiger partial charge is 0.261 e. The summed E-state index contributed by atoms with van der Waals surface area (Å²) in [6.07, 6.45) is 0. The predicted octanol–water partition coefficient (Wildman–Crippen LogP) is 3.91. The van der Waals surface area contributed by atoms with Gasteiger partial charge in [0.1, 0.15) is 12.4 Å². The Balaban J connectivity index is 2.04. The van der Waals surface area contributed by atoms with E-state index in [2.05, 4.69) is 26.6 Å². The summed E-state index contributed by atoms with van der Waals surface area (Å²) < 4.78 is 11.3. The summed E-state index contributed by atoms with van der Waals surface area (Å²) in [5.41, 5.74) is 2.34. The van der Waals surface area contributed by atoms with Crippen molar-refractivity contribution in [3.63, 3.8) is 0 Å². The second kappa shape index (κ2) is 9.50. The predicted molar refractivity (Wildman–Crippen MR) is 106 cm³/mol. The van der Waals surface area contributed by atoms with E-state index in [-0.39, 0.29) is 11.0 Å². The van der Waals surface area contributed by atoms with E-state index in [9.17, 15) is 4.79 Å². The molecular formula is C18H19BrN2O3S. The monoisotopic (exact) mass is 422 g/mol. The molecule has 7 heteroatoms. The van der Waals surface area contributed by atoms with Crippen LogP contribution in [0.1, 0.15) is 15.9 Å². The number of carbonyl (C=O) groups excluding carboxylic acids is 1. The first-order valence-corrected chi connectivity index (χ1v) is 8.80. The Morgan fingerprint density at radius 1 is 1.16 bits per heavy atom. The van der Waals surface area contributed by atoms with Crippen LogP contribution in [0, 0.1) is 6.92 Å². The molecule has 0 aliphatic heterocycles. The van der Waals surface area contributed by atoms with E-state index in [4.69, 9.17) is 21.7 Å². The van der Waals surface area contributed by atoms with Gasteiger partial charge in [-0.1, -0.05) is 33.6 Å². The Hall–Kier alpha value is -1.96. The van der Waals surface area contributed by atoms with Gasteiger partial charge in [-0.15, -0.1) is 0 Å². The van der Waals surface area contributed by atoms with Crippen molar-refractivity contribution >= 4 is 44.9 Å². The Kier molecular flexibility index (Phi) is 7.36. The number of methoxy groups -OCH3 is 1. The van der Waals surface area contributed by atoms with Crippen molar-refractivity contribution in [2.45, 2.75) is 6.92 Å². The number of benzene rings is 2. The Morgan fingerprint density at radius 2 is 1.88 bits per heavy atom. The van der Waals surface area contributed by atoms with E-state index in [1.54, 1.807) is 19.2 Å². The lowest BCUT2D eigenvalue weighted by Gasteiger charge is -2.13. The molecule has 0 spiro atoms. The van der Waals surface area contributed by atoms with E-state index in [0.717, 1.165) is 15.7 Å². The van der Waals surface area contributed by atoms with Gasteiger partial charge >= 0.3 is 0 Å². The number of rotatable bonds is 6. The molecule has 0 radical (unpaired) electrons. The first kappa shape index (κ1) is 19.4. The number of hydrogen-bond acceptors (Lipinski definition) is 4. The van der Waals surface area contributed by atoms with Crippen LogP contribution in [-0.2, 0) is 4.74 Å². The molecule has 0 aliphatic rings. The van der Waals surface area contributed by atoms with Crippen LogP contribution in [0.15, 0.2) is 46.9 Å². The van der Waals surface area contributed by atoms with Crippen molar-refractivity contribution in [2.24, 2.45) is 0 Å². The molecule has 0 fully saturated rings. The van der Waals surface area contributed by atoms with Gasteiger partial charge in [-0.05, 0) is 49.5 Å². The average molecular weight is 423 g/mol. The summed E-state index contributed by atoms with van der Waals surface area (Å²) in [7, 11) is 1.59. The van der Waals surface area contributed by atoms with Crippen molar-refractivity contribution in [2.75, 3.05) is 25.6 Å². The molecule has 2 N–H and O–H groups in total. The van der Waals surface area contributed by atoms with Gasteiger partial charge in [-0.25, -0.2) is 0 Å². The van der Waals surface area contributed by atoms with Crippen LogP contribution in [0.25, 0.3) is 0 Å². The first-order valence-electron chi connectivity index (χ1n) is 7.60. The number of carbonyl (C=O) groups is 1. The lowest BCUT2D eigenvalue weighted by Crippen LogP contribution is -2.34. The largest absolute Gasteiger partial charge is 0.490 e. The van der Waals surface area contributed by atoms with Crippen LogP contribution in [0.5, 0.6) is 5.75 Å². The van der Waals surface area contributed by atoms with Crippen LogP contribution < -0.4 is 15.4 Å². The van der Waals surface area contributed by atoms with E-state index in [1.807, 2.05) is 37.3 Å². The highest BCUT2D eigenvalue weighted by molar-refractivity contribution is 9.10. The molecular weight excluding hydrogens is 404 g/mol. The van der Waals surface area contributed by atoms with Crippen molar-refractivity contribution in [1.82, 2.24) is 5.32 Å². The summed E-state index contributed by atoms with van der Waals surface area (Å²) in [6.45, 7) is 2.79. The third kappa shape index (κ3) is 6.12. The molecule has 25 heavy (non-hydrogen) atoms. The van der Waals surface area contributed by atoms with Crippen molar-refractivity contribution in [3.05, 3.63) is 58.1 Å². The molecule has 0 heterocycles. The summed E-state index contributed by atoms with van der Waals surface area (Å²) in [5, 5.41) is 5.87. The molecule has 0 aromatic heterocycles. The van der Waals surface area contributed by atoms with Crippen LogP contribution in [0.4, 0.5) is 5.69 Å². The van der Waals surface area contributed by atoms with Gasteiger partial charge < -0.3 is 14.8 Å². The first-order chi connectivity index (χ1) is 12.0. The van der Waals surface area contributed by atoms with E-state index in [0.29, 0.717) is 24.5 Å². The zero-order chi connectivity index (χ0) is 18.2. The normalized spacial score (nSPS) is 10.2. The van der Waals surface area contributed by atoms with E-state index < -0.39 is 0 Å². The fourth-order valence-electron chi connectivity index (χ4n) is 2.01. The molecule has 132 valence electrons. The fourth-order valence-corrected chi connectivity index (χ4v) is 2.58. The van der Waals surface area contributed by atoms with Gasteiger partial charge in [0.05, 0.1) is 12.2 Å². The minimum atomic E-state index is -0.349. The molecule has 0 saturated heterocycles. The van der Waals surface area contributed by atoms with Gasteiger partial charge in [-0.2, -0.15) is 0 Å². The minimum Gasteiger partial charge on any atom is -0.490 e. The summed E-state index contributed by atoms with van der Waals surface area (Å²) >= 11 is 8.58. The van der Waals surface area contributed by atoms with Gasteiger partial charge in [0.25, 0.3) is 5.91 Å². The third-order valence-electron chi connectivity index (χ3n) is 3.27. The molecule has 1 amide bonds. The van der Waals surface area contributed by atoms with Crippen LogP contribution >= 0.6 is 28.1 Å². The molecule has 0 bridgehead atoms. The molecule has 2 aromatic rings. The highest BCUT2D eigenvalue weighted by atomic mass is 79.9. The Morgan fingerprint density at radius 3 is 2.56 bits per heavy atom. The molecule has 2 rings (SSSR count). The van der Waals surface area contributed by atoms with Crippen LogP contribution in [0.3, 0.4) is 0 Å². The van der Waals surface area contributed by atoms with E-state index >= 15 is 0 Å². The van der Waals surface area contributed by atoms with Crippen molar-refractivity contribution < 1.29 is 14.3 Å². The number of aryl methyl sites for hydroxylation is 1. The lowest BCUT2D eigenvalue weighted by atomic mass is 10.2. The summed E-state index contributed by atoms with van der Waals surface area (Å²) in [5.74, 6) is 0.120. The topological polar surface area (TPSA) is 59.6 Å². The highest BCUT2D eigenvalue weighted by Crippen LogP contribution is 2.23. The zero-order valence-corrected chi connectivity index (χ0v) is 16.4. The zero-order valence-electron chi connectivity index (χ0n) is 14.0. The Bertz CT molecular complexity index is 750. The van der Waals surface area contributed by atoms with Gasteiger partial charge in [-0.3, -0.25) is 10.1 Å². The maximum absolute atomic E-state index is 12.5. The molecule has 5 nitrogen and oxygen atoms in total. The third-order valence-corrected chi connectivity index (χ3v) is 3.97. The maximum atomic E-state index is 12.5. The maximum Gasteiger partial charge on any atom is 0.261 e. The van der Waals surface area contributed by atoms with Crippen LogP contribution in [-0.4, -0.2) is 31.3 Å². The second-order valence-corrected chi connectivity index (χ2v) is 6.58. The number of amides is 1. The van der Waals surface area contributed by atoms with Gasteiger partial charge in [0.15, 0.2) is 5.11 Å². The van der Waals surface area contributed by atoms with Crippen molar-refractivity contribution in [3.8, 4) is 5.75 Å². The summed E-state index contributed by atoms with van der Waals surface area (Å²) in [4.78, 5) is 12.5. The molecule has 0 saturated carbocycles.